The summed E-state index contributed by atoms with van der Waals surface area (Å²) < 4.78 is 13.5. The van der Waals surface area contributed by atoms with E-state index >= 15 is 0 Å². The minimum Gasteiger partial charge on any atom is -0.457 e. The van der Waals surface area contributed by atoms with E-state index in [0.717, 1.165) is 33.8 Å². The quantitative estimate of drug-likeness (QED) is 0.410. The Kier molecular flexibility index (Phi) is 5.00. The summed E-state index contributed by atoms with van der Waals surface area (Å²) in [5.41, 5.74) is 4.73. The Hall–Kier alpha value is -4.24. The highest BCUT2D eigenvalue weighted by atomic mass is 16.5. The fourth-order valence-corrected chi connectivity index (χ4v) is 3.37. The molecule has 0 aliphatic heterocycles. The first-order valence-corrected chi connectivity index (χ1v) is 9.93. The van der Waals surface area contributed by atoms with Gasteiger partial charge in [0.25, 0.3) is 0 Å². The molecule has 0 unspecified atom stereocenters. The van der Waals surface area contributed by atoms with Gasteiger partial charge in [-0.25, -0.2) is 19.9 Å². The third kappa shape index (κ3) is 3.77. The number of rotatable bonds is 6. The van der Waals surface area contributed by atoms with Gasteiger partial charge in [-0.05, 0) is 42.8 Å². The maximum absolute atomic E-state index is 9.23. The molecule has 2 N–H and O–H groups in total. The second-order valence-corrected chi connectivity index (χ2v) is 7.30. The van der Waals surface area contributed by atoms with Crippen LogP contribution in [-0.2, 0) is 13.7 Å². The van der Waals surface area contributed by atoms with E-state index in [4.69, 9.17) is 9.15 Å². The van der Waals surface area contributed by atoms with Crippen LogP contribution in [0, 0.1) is 6.92 Å². The second kappa shape index (κ2) is 8.12. The number of anilines is 2. The smallest absolute Gasteiger partial charge is 0.231 e. The van der Waals surface area contributed by atoms with Gasteiger partial charge in [0.2, 0.25) is 5.89 Å². The van der Waals surface area contributed by atoms with Crippen LogP contribution in [0.25, 0.3) is 22.5 Å². The molecule has 3 heterocycles. The van der Waals surface area contributed by atoms with Crippen molar-refractivity contribution in [1.29, 1.82) is 0 Å². The molecule has 0 aliphatic carbocycles. The summed E-state index contributed by atoms with van der Waals surface area (Å²) in [6.45, 7) is 1.77. The van der Waals surface area contributed by atoms with Crippen molar-refractivity contribution in [2.45, 2.75) is 13.5 Å². The molecule has 0 saturated heterocycles. The lowest BCUT2D eigenvalue weighted by atomic mass is 10.2. The van der Waals surface area contributed by atoms with Gasteiger partial charge in [0.15, 0.2) is 0 Å². The van der Waals surface area contributed by atoms with Gasteiger partial charge in [0.1, 0.15) is 35.6 Å². The highest BCUT2D eigenvalue weighted by Crippen LogP contribution is 2.32. The number of aryl methyl sites for hydroxylation is 2. The van der Waals surface area contributed by atoms with Crippen LogP contribution in [0.1, 0.15) is 11.3 Å². The minimum atomic E-state index is -0.201. The first-order valence-electron chi connectivity index (χ1n) is 9.93. The number of hydrogen-bond acceptors (Lipinski definition) is 8. The van der Waals surface area contributed by atoms with Crippen LogP contribution in [0.15, 0.2) is 65.9 Å². The molecule has 160 valence electrons. The van der Waals surface area contributed by atoms with Crippen molar-refractivity contribution in [3.8, 4) is 23.0 Å². The van der Waals surface area contributed by atoms with E-state index in [9.17, 15) is 5.11 Å². The van der Waals surface area contributed by atoms with Crippen molar-refractivity contribution in [2.24, 2.45) is 7.05 Å². The summed E-state index contributed by atoms with van der Waals surface area (Å²) in [6.07, 6.45) is 6.25. The van der Waals surface area contributed by atoms with Gasteiger partial charge in [-0.3, -0.25) is 0 Å². The fourth-order valence-electron chi connectivity index (χ4n) is 3.37. The lowest BCUT2D eigenvalue weighted by molar-refractivity contribution is 0.276. The Morgan fingerprint density at radius 3 is 2.88 bits per heavy atom. The first kappa shape index (κ1) is 19.7. The summed E-state index contributed by atoms with van der Waals surface area (Å²) in [7, 11) is 1.96. The third-order valence-electron chi connectivity index (χ3n) is 5.02. The molecule has 32 heavy (non-hydrogen) atoms. The molecule has 5 aromatic rings. The Bertz CT molecular complexity index is 1410. The van der Waals surface area contributed by atoms with Crippen molar-refractivity contribution < 1.29 is 14.3 Å². The largest absolute Gasteiger partial charge is 0.457 e. The minimum absolute atomic E-state index is 0.201. The molecule has 0 amide bonds. The Morgan fingerprint density at radius 2 is 2.06 bits per heavy atom. The van der Waals surface area contributed by atoms with E-state index in [1.54, 1.807) is 12.5 Å². The predicted molar refractivity (Wildman–Crippen MR) is 119 cm³/mol. The summed E-state index contributed by atoms with van der Waals surface area (Å²) in [5, 5.41) is 12.5. The molecule has 0 spiro atoms. The van der Waals surface area contributed by atoms with Crippen LogP contribution in [0.4, 0.5) is 11.5 Å². The van der Waals surface area contributed by atoms with Crippen molar-refractivity contribution in [1.82, 2.24) is 24.5 Å². The van der Waals surface area contributed by atoms with E-state index in [1.807, 2.05) is 54.9 Å². The standard InChI is InChI=1S/C23H20N6O3/c1-14-7-15(27-22-18(9-24-12-25-22)23-28-16(10-30)11-31-23)3-6-21(14)32-17-4-5-20-19(8-17)26-13-29(20)2/h3-9,11-13,30H,10H2,1-2H3,(H,24,25,27). The predicted octanol–water partition coefficient (Wildman–Crippen LogP) is 4.35. The summed E-state index contributed by atoms with van der Waals surface area (Å²) >= 11 is 0. The number of benzene rings is 2. The van der Waals surface area contributed by atoms with E-state index in [2.05, 4.69) is 25.3 Å². The first-order chi connectivity index (χ1) is 15.6. The summed E-state index contributed by atoms with van der Waals surface area (Å²) in [5.74, 6) is 2.34. The molecule has 0 fully saturated rings. The number of hydrogen-bond donors (Lipinski definition) is 2. The third-order valence-corrected chi connectivity index (χ3v) is 5.02. The molecule has 0 aliphatic rings. The number of nitrogens with one attached hydrogen (secondary N) is 1. The van der Waals surface area contributed by atoms with Crippen molar-refractivity contribution in [3.63, 3.8) is 0 Å². The molecular formula is C23H20N6O3. The summed E-state index contributed by atoms with van der Waals surface area (Å²) in [6, 6.07) is 11.6. The van der Waals surface area contributed by atoms with Crippen LogP contribution in [0.3, 0.4) is 0 Å². The average molecular weight is 428 g/mol. The number of aromatic nitrogens is 5. The van der Waals surface area contributed by atoms with Crippen LogP contribution >= 0.6 is 0 Å². The number of aliphatic hydroxyl groups is 1. The van der Waals surface area contributed by atoms with Gasteiger partial charge in [-0.1, -0.05) is 0 Å². The van der Waals surface area contributed by atoms with Crippen LogP contribution in [-0.4, -0.2) is 29.6 Å². The number of oxazole rings is 1. The maximum Gasteiger partial charge on any atom is 0.231 e. The van der Waals surface area contributed by atoms with Crippen LogP contribution < -0.4 is 10.1 Å². The van der Waals surface area contributed by atoms with E-state index in [1.165, 1.54) is 12.6 Å². The van der Waals surface area contributed by atoms with Gasteiger partial charge in [-0.15, -0.1) is 0 Å². The zero-order valence-electron chi connectivity index (χ0n) is 17.5. The zero-order valence-corrected chi connectivity index (χ0v) is 17.5. The lowest BCUT2D eigenvalue weighted by Gasteiger charge is -2.12. The lowest BCUT2D eigenvalue weighted by Crippen LogP contribution is -1.98. The second-order valence-electron chi connectivity index (χ2n) is 7.30. The monoisotopic (exact) mass is 428 g/mol. The number of aliphatic hydroxyl groups excluding tert-OH is 1. The van der Waals surface area contributed by atoms with Gasteiger partial charge in [0, 0.05) is 25.0 Å². The molecule has 0 bridgehead atoms. The molecule has 9 heteroatoms. The molecule has 0 radical (unpaired) electrons. The van der Waals surface area contributed by atoms with Crippen molar-refractivity contribution in [2.75, 3.05) is 5.32 Å². The number of nitrogens with zero attached hydrogens (tertiary/aromatic N) is 5. The van der Waals surface area contributed by atoms with Gasteiger partial charge >= 0.3 is 0 Å². The van der Waals surface area contributed by atoms with Crippen LogP contribution in [0.5, 0.6) is 11.5 Å². The fraction of sp³-hybridized carbons (Fsp3) is 0.130. The molecular weight excluding hydrogens is 408 g/mol. The number of imidazole rings is 1. The molecule has 3 aromatic heterocycles. The molecule has 9 nitrogen and oxygen atoms in total. The average Bonchev–Trinajstić information content (AvgIpc) is 3.43. The van der Waals surface area contributed by atoms with Gasteiger partial charge in [0.05, 0.1) is 29.5 Å². The Balaban J connectivity index is 1.38. The topological polar surface area (TPSA) is 111 Å². The Morgan fingerprint density at radius 1 is 1.16 bits per heavy atom. The van der Waals surface area contributed by atoms with E-state index in [0.29, 0.717) is 23.0 Å². The van der Waals surface area contributed by atoms with Crippen molar-refractivity contribution >= 4 is 22.5 Å². The Labute approximate surface area is 183 Å². The molecule has 0 saturated carbocycles. The van der Waals surface area contributed by atoms with E-state index in [-0.39, 0.29) is 6.61 Å². The SMILES string of the molecule is Cc1cc(Nc2ncncc2-c2nc(CO)co2)ccc1Oc1ccc2c(c1)ncn2C. The van der Waals surface area contributed by atoms with Gasteiger partial charge in [-0.2, -0.15) is 0 Å². The number of fused-ring (bicyclic) bond motifs is 1. The zero-order chi connectivity index (χ0) is 22.1. The molecule has 5 rings (SSSR count). The highest BCUT2D eigenvalue weighted by Gasteiger charge is 2.14. The number of ether oxygens (including phenoxy) is 1. The van der Waals surface area contributed by atoms with E-state index < -0.39 is 0 Å². The highest BCUT2D eigenvalue weighted by molar-refractivity contribution is 5.77. The van der Waals surface area contributed by atoms with Gasteiger partial charge < -0.3 is 24.1 Å². The summed E-state index contributed by atoms with van der Waals surface area (Å²) in [4.78, 5) is 17.0. The normalized spacial score (nSPS) is 11.1. The van der Waals surface area contributed by atoms with Crippen LogP contribution in [0.2, 0.25) is 0 Å². The molecule has 2 aromatic carbocycles. The maximum atomic E-state index is 9.23. The van der Waals surface area contributed by atoms with Crippen molar-refractivity contribution in [3.05, 3.63) is 72.8 Å². The molecule has 0 atom stereocenters.